The van der Waals surface area contributed by atoms with Crippen LogP contribution in [0.5, 0.6) is 5.75 Å². The number of ether oxygens (including phenoxy) is 2. The molecule has 4 rings (SSSR count). The van der Waals surface area contributed by atoms with E-state index in [0.29, 0.717) is 50.5 Å². The molecular weight excluding hydrogens is 422 g/mol. The molecule has 1 aromatic carbocycles. The number of nitrogens with one attached hydrogen (secondary N) is 1. The number of esters is 1. The van der Waals surface area contributed by atoms with E-state index in [4.69, 9.17) is 9.47 Å². The van der Waals surface area contributed by atoms with Crippen LogP contribution in [-0.2, 0) is 14.3 Å². The Morgan fingerprint density at radius 1 is 0.939 bits per heavy atom. The average molecular weight is 456 g/mol. The molecule has 2 fully saturated rings. The largest absolute Gasteiger partial charge is 0.495 e. The minimum absolute atomic E-state index is 0.0438. The van der Waals surface area contributed by atoms with Crippen LogP contribution in [0.15, 0.2) is 36.4 Å². The van der Waals surface area contributed by atoms with E-state index in [1.165, 1.54) is 7.11 Å². The van der Waals surface area contributed by atoms with Crippen molar-refractivity contribution in [2.75, 3.05) is 45.7 Å². The lowest BCUT2D eigenvalue weighted by atomic mass is 9.77. The predicted octanol–water partition coefficient (Wildman–Crippen LogP) is 3.30. The molecule has 2 aliphatic heterocycles. The van der Waals surface area contributed by atoms with E-state index >= 15 is 0 Å². The van der Waals surface area contributed by atoms with Crippen molar-refractivity contribution in [2.24, 2.45) is 17.3 Å². The number of rotatable bonds is 4. The van der Waals surface area contributed by atoms with Crippen molar-refractivity contribution in [2.45, 2.75) is 32.1 Å². The number of piperidine rings is 1. The second-order valence-corrected chi connectivity index (χ2v) is 9.31. The molecule has 1 spiro atoms. The summed E-state index contributed by atoms with van der Waals surface area (Å²) in [6, 6.07) is 7.24. The first-order valence-electron chi connectivity index (χ1n) is 11.7. The molecule has 1 aliphatic carbocycles. The maximum Gasteiger partial charge on any atom is 0.321 e. The van der Waals surface area contributed by atoms with Crippen LogP contribution in [0.25, 0.3) is 0 Å². The standard InChI is InChI=1S/C25H33N3O5/c1-32-21-10-6-5-9-20(21)26-24(31)27-14-11-25(12-15-27)13-16-28(17-25)22(29)18-7-3-4-8-19(18)23(30)33-2/h3-6,9-10,18-19H,7-8,11-17H2,1-2H3,(H,26,31)/t18-,19+/m1/s1. The summed E-state index contributed by atoms with van der Waals surface area (Å²) in [7, 11) is 2.96. The van der Waals surface area contributed by atoms with Gasteiger partial charge in [-0.25, -0.2) is 4.79 Å². The number of nitrogens with zero attached hydrogens (tertiary/aromatic N) is 2. The van der Waals surface area contributed by atoms with Crippen LogP contribution >= 0.6 is 0 Å². The molecule has 0 unspecified atom stereocenters. The van der Waals surface area contributed by atoms with E-state index in [2.05, 4.69) is 5.32 Å². The molecule has 178 valence electrons. The third-order valence-electron chi connectivity index (χ3n) is 7.46. The zero-order valence-corrected chi connectivity index (χ0v) is 19.4. The van der Waals surface area contributed by atoms with Gasteiger partial charge in [-0.2, -0.15) is 0 Å². The molecule has 0 radical (unpaired) electrons. The topological polar surface area (TPSA) is 88.2 Å². The summed E-state index contributed by atoms with van der Waals surface area (Å²) in [5, 5.41) is 2.95. The Morgan fingerprint density at radius 3 is 2.24 bits per heavy atom. The van der Waals surface area contributed by atoms with E-state index in [0.717, 1.165) is 19.3 Å². The number of methoxy groups -OCH3 is 2. The first kappa shape index (κ1) is 23.1. The number of amides is 3. The van der Waals surface area contributed by atoms with E-state index in [1.807, 2.05) is 46.2 Å². The zero-order chi connectivity index (χ0) is 23.4. The molecule has 2 saturated heterocycles. The van der Waals surface area contributed by atoms with E-state index < -0.39 is 5.92 Å². The fraction of sp³-hybridized carbons (Fsp3) is 0.560. The predicted molar refractivity (Wildman–Crippen MR) is 124 cm³/mol. The number of benzene rings is 1. The van der Waals surface area contributed by atoms with Crippen molar-refractivity contribution >= 4 is 23.6 Å². The Kier molecular flexibility index (Phi) is 6.91. The van der Waals surface area contributed by atoms with Gasteiger partial charge in [0.25, 0.3) is 0 Å². The van der Waals surface area contributed by atoms with E-state index in [9.17, 15) is 14.4 Å². The van der Waals surface area contributed by atoms with Crippen molar-refractivity contribution in [1.82, 2.24) is 9.80 Å². The monoisotopic (exact) mass is 455 g/mol. The maximum absolute atomic E-state index is 13.3. The van der Waals surface area contributed by atoms with Gasteiger partial charge in [0.1, 0.15) is 5.75 Å². The quantitative estimate of drug-likeness (QED) is 0.556. The smallest absolute Gasteiger partial charge is 0.321 e. The molecule has 33 heavy (non-hydrogen) atoms. The molecule has 0 bridgehead atoms. The van der Waals surface area contributed by atoms with Crippen molar-refractivity contribution in [3.8, 4) is 5.75 Å². The Bertz CT molecular complexity index is 922. The Balaban J connectivity index is 1.33. The lowest BCUT2D eigenvalue weighted by Gasteiger charge is -2.39. The van der Waals surface area contributed by atoms with Crippen LogP contribution in [0, 0.1) is 17.3 Å². The van der Waals surface area contributed by atoms with Crippen LogP contribution in [-0.4, -0.2) is 68.1 Å². The number of carbonyl (C=O) groups excluding carboxylic acids is 3. The fourth-order valence-corrected chi connectivity index (χ4v) is 5.39. The summed E-state index contributed by atoms with van der Waals surface area (Å²) >= 11 is 0. The highest BCUT2D eigenvalue weighted by atomic mass is 16.5. The molecule has 3 amide bonds. The number of para-hydroxylation sites is 2. The van der Waals surface area contributed by atoms with Crippen LogP contribution in [0.1, 0.15) is 32.1 Å². The minimum atomic E-state index is -0.399. The normalized spacial score (nSPS) is 23.9. The Hall–Kier alpha value is -3.03. The van der Waals surface area contributed by atoms with Gasteiger partial charge in [0.15, 0.2) is 0 Å². The summed E-state index contributed by atoms with van der Waals surface area (Å²) in [6.07, 6.45) is 7.75. The van der Waals surface area contributed by atoms with Crippen LogP contribution in [0.4, 0.5) is 10.5 Å². The van der Waals surface area contributed by atoms with Crippen LogP contribution < -0.4 is 10.1 Å². The number of allylic oxidation sites excluding steroid dienone is 2. The van der Waals surface area contributed by atoms with Crippen molar-refractivity contribution in [3.63, 3.8) is 0 Å². The Morgan fingerprint density at radius 2 is 1.58 bits per heavy atom. The highest BCUT2D eigenvalue weighted by molar-refractivity contribution is 5.91. The molecule has 0 aromatic heterocycles. The first-order valence-corrected chi connectivity index (χ1v) is 11.7. The van der Waals surface area contributed by atoms with Gasteiger partial charge in [0, 0.05) is 26.2 Å². The minimum Gasteiger partial charge on any atom is -0.495 e. The first-order chi connectivity index (χ1) is 16.0. The van der Waals surface area contributed by atoms with Gasteiger partial charge in [-0.3, -0.25) is 9.59 Å². The summed E-state index contributed by atoms with van der Waals surface area (Å²) in [6.45, 7) is 2.71. The molecule has 1 N–H and O–H groups in total. The molecular formula is C25H33N3O5. The maximum atomic E-state index is 13.3. The van der Waals surface area contributed by atoms with Crippen LogP contribution in [0.2, 0.25) is 0 Å². The lowest BCUT2D eigenvalue weighted by molar-refractivity contribution is -0.153. The number of hydrogen-bond donors (Lipinski definition) is 1. The number of anilines is 1. The molecule has 0 saturated carbocycles. The third kappa shape index (κ3) is 4.84. The average Bonchev–Trinajstić information content (AvgIpc) is 3.27. The van der Waals surface area contributed by atoms with Crippen molar-refractivity contribution < 1.29 is 23.9 Å². The number of carbonyl (C=O) groups is 3. The number of urea groups is 1. The highest BCUT2D eigenvalue weighted by Gasteiger charge is 2.45. The van der Waals surface area contributed by atoms with Gasteiger partial charge in [-0.15, -0.1) is 0 Å². The van der Waals surface area contributed by atoms with Gasteiger partial charge in [0.05, 0.1) is 31.7 Å². The number of likely N-dealkylation sites (tertiary alicyclic amines) is 2. The second kappa shape index (κ2) is 9.85. The van der Waals surface area contributed by atoms with E-state index in [-0.39, 0.29) is 29.2 Å². The van der Waals surface area contributed by atoms with Gasteiger partial charge >= 0.3 is 12.0 Å². The SMILES string of the molecule is COC(=O)[C@H]1CC=CC[C@H]1C(=O)N1CCC2(CCN(C(=O)Nc3ccccc3OC)CC2)C1. The van der Waals surface area contributed by atoms with Crippen molar-refractivity contribution in [3.05, 3.63) is 36.4 Å². The molecule has 3 aliphatic rings. The summed E-state index contributed by atoms with van der Waals surface area (Å²) in [5.41, 5.74) is 0.701. The number of hydrogen-bond acceptors (Lipinski definition) is 5. The zero-order valence-electron chi connectivity index (χ0n) is 19.4. The van der Waals surface area contributed by atoms with Gasteiger partial charge in [-0.1, -0.05) is 24.3 Å². The third-order valence-corrected chi connectivity index (χ3v) is 7.46. The lowest BCUT2D eigenvalue weighted by Crippen LogP contribution is -2.47. The molecule has 1 aromatic rings. The molecule has 8 nitrogen and oxygen atoms in total. The molecule has 2 atom stereocenters. The van der Waals surface area contributed by atoms with Gasteiger partial charge in [0.2, 0.25) is 5.91 Å². The van der Waals surface area contributed by atoms with Gasteiger partial charge in [-0.05, 0) is 49.7 Å². The second-order valence-electron chi connectivity index (χ2n) is 9.31. The van der Waals surface area contributed by atoms with Crippen LogP contribution in [0.3, 0.4) is 0 Å². The molecule has 2 heterocycles. The summed E-state index contributed by atoms with van der Waals surface area (Å²) in [4.78, 5) is 42.0. The highest BCUT2D eigenvalue weighted by Crippen LogP contribution is 2.42. The Labute approximate surface area is 194 Å². The van der Waals surface area contributed by atoms with E-state index in [1.54, 1.807) is 7.11 Å². The molecule has 8 heteroatoms. The van der Waals surface area contributed by atoms with Gasteiger partial charge < -0.3 is 24.6 Å². The fourth-order valence-electron chi connectivity index (χ4n) is 5.39. The summed E-state index contributed by atoms with van der Waals surface area (Å²) < 4.78 is 10.3. The summed E-state index contributed by atoms with van der Waals surface area (Å²) in [5.74, 6) is -0.357. The van der Waals surface area contributed by atoms with Crippen molar-refractivity contribution in [1.29, 1.82) is 0 Å².